The topological polar surface area (TPSA) is 75.6 Å². The molecular weight excluding hydrogens is 265 g/mol. The molecule has 0 fully saturated rings. The average Bonchev–Trinajstić information content (AvgIpc) is 2.40. The Bertz CT molecular complexity index is 461. The lowest BCUT2D eigenvalue weighted by molar-refractivity contribution is -0.141. The van der Waals surface area contributed by atoms with Crippen LogP contribution >= 0.6 is 0 Å². The van der Waals surface area contributed by atoms with Gasteiger partial charge in [0.2, 0.25) is 0 Å². The quantitative estimate of drug-likeness (QED) is 0.800. The van der Waals surface area contributed by atoms with E-state index in [1.807, 2.05) is 0 Å². The first-order valence-corrected chi connectivity index (χ1v) is 6.33. The number of ether oxygens (including phenoxy) is 1. The first kappa shape index (κ1) is 15.9. The van der Waals surface area contributed by atoms with Crippen molar-refractivity contribution in [3.8, 4) is 5.75 Å². The number of carboxylic acids is 1. The SMILES string of the molecule is CC(CCNC(=O)C(C)Oc1ccc(F)cc1)C(=O)O. The number of benzene rings is 1. The van der Waals surface area contributed by atoms with E-state index in [9.17, 15) is 14.0 Å². The second-order valence-corrected chi connectivity index (χ2v) is 4.53. The maximum absolute atomic E-state index is 12.7. The molecule has 0 saturated heterocycles. The highest BCUT2D eigenvalue weighted by Crippen LogP contribution is 2.13. The van der Waals surface area contributed by atoms with Gasteiger partial charge in [-0.05, 0) is 37.6 Å². The molecule has 1 aromatic carbocycles. The molecule has 0 spiro atoms. The number of rotatable bonds is 7. The first-order valence-electron chi connectivity index (χ1n) is 6.33. The molecule has 20 heavy (non-hydrogen) atoms. The van der Waals surface area contributed by atoms with Gasteiger partial charge in [0.15, 0.2) is 6.10 Å². The van der Waals surface area contributed by atoms with Crippen molar-refractivity contribution in [1.82, 2.24) is 5.32 Å². The summed E-state index contributed by atoms with van der Waals surface area (Å²) in [4.78, 5) is 22.3. The Kier molecular flexibility index (Phi) is 5.96. The van der Waals surface area contributed by atoms with Crippen LogP contribution < -0.4 is 10.1 Å². The van der Waals surface area contributed by atoms with Crippen LogP contribution in [0.4, 0.5) is 4.39 Å². The minimum absolute atomic E-state index is 0.267. The van der Waals surface area contributed by atoms with Crippen LogP contribution in [0.15, 0.2) is 24.3 Å². The predicted molar refractivity (Wildman–Crippen MR) is 70.9 cm³/mol. The third-order valence-electron chi connectivity index (χ3n) is 2.79. The van der Waals surface area contributed by atoms with E-state index in [2.05, 4.69) is 5.32 Å². The molecule has 1 aromatic rings. The van der Waals surface area contributed by atoms with Crippen molar-refractivity contribution in [1.29, 1.82) is 0 Å². The van der Waals surface area contributed by atoms with Gasteiger partial charge in [0.1, 0.15) is 11.6 Å². The molecule has 1 rings (SSSR count). The molecule has 0 saturated carbocycles. The summed E-state index contributed by atoms with van der Waals surface area (Å²) < 4.78 is 18.0. The minimum atomic E-state index is -0.894. The zero-order chi connectivity index (χ0) is 15.1. The maximum Gasteiger partial charge on any atom is 0.306 e. The van der Waals surface area contributed by atoms with Gasteiger partial charge >= 0.3 is 5.97 Å². The molecule has 6 heteroatoms. The van der Waals surface area contributed by atoms with Gasteiger partial charge in [0.05, 0.1) is 5.92 Å². The number of carbonyl (C=O) groups is 2. The Morgan fingerprint density at radius 2 is 1.90 bits per heavy atom. The van der Waals surface area contributed by atoms with Crippen LogP contribution in [-0.4, -0.2) is 29.6 Å². The summed E-state index contributed by atoms with van der Waals surface area (Å²) >= 11 is 0. The van der Waals surface area contributed by atoms with Crippen LogP contribution in [0.1, 0.15) is 20.3 Å². The van der Waals surface area contributed by atoms with Crippen molar-refractivity contribution < 1.29 is 23.8 Å². The maximum atomic E-state index is 12.7. The molecule has 2 atom stereocenters. The second-order valence-electron chi connectivity index (χ2n) is 4.53. The molecule has 5 nitrogen and oxygen atoms in total. The molecule has 0 aliphatic carbocycles. The number of amides is 1. The Morgan fingerprint density at radius 1 is 1.30 bits per heavy atom. The predicted octanol–water partition coefficient (Wildman–Crippen LogP) is 1.82. The Morgan fingerprint density at radius 3 is 2.45 bits per heavy atom. The van der Waals surface area contributed by atoms with Gasteiger partial charge in [-0.3, -0.25) is 9.59 Å². The lowest BCUT2D eigenvalue weighted by Crippen LogP contribution is -2.37. The zero-order valence-electron chi connectivity index (χ0n) is 11.4. The standard InChI is InChI=1S/C14H18FNO4/c1-9(14(18)19)7-8-16-13(17)10(2)20-12-5-3-11(15)4-6-12/h3-6,9-10H,7-8H2,1-2H3,(H,16,17)(H,18,19). The van der Waals surface area contributed by atoms with Crippen LogP contribution in [-0.2, 0) is 9.59 Å². The van der Waals surface area contributed by atoms with Gasteiger partial charge in [0, 0.05) is 6.54 Å². The van der Waals surface area contributed by atoms with Crippen LogP contribution in [0.3, 0.4) is 0 Å². The molecule has 110 valence electrons. The highest BCUT2D eigenvalue weighted by atomic mass is 19.1. The van der Waals surface area contributed by atoms with Gasteiger partial charge in [-0.15, -0.1) is 0 Å². The fourth-order valence-corrected chi connectivity index (χ4v) is 1.45. The van der Waals surface area contributed by atoms with Crippen LogP contribution in [0.2, 0.25) is 0 Å². The average molecular weight is 283 g/mol. The van der Waals surface area contributed by atoms with Crippen LogP contribution in [0.25, 0.3) is 0 Å². The van der Waals surface area contributed by atoms with Crippen molar-refractivity contribution in [2.75, 3.05) is 6.54 Å². The highest BCUT2D eigenvalue weighted by Gasteiger charge is 2.16. The summed E-state index contributed by atoms with van der Waals surface area (Å²) in [5.41, 5.74) is 0. The Balaban J connectivity index is 2.35. The fourth-order valence-electron chi connectivity index (χ4n) is 1.45. The van der Waals surface area contributed by atoms with E-state index in [4.69, 9.17) is 9.84 Å². The van der Waals surface area contributed by atoms with Crippen LogP contribution in [0, 0.1) is 11.7 Å². The molecule has 0 aliphatic heterocycles. The monoisotopic (exact) mass is 283 g/mol. The molecule has 0 heterocycles. The normalized spacial score (nSPS) is 13.3. The molecule has 0 radical (unpaired) electrons. The third kappa shape index (κ3) is 5.26. The number of halogens is 1. The molecule has 0 aliphatic rings. The first-order chi connectivity index (χ1) is 9.40. The third-order valence-corrected chi connectivity index (χ3v) is 2.79. The van der Waals surface area contributed by atoms with Gasteiger partial charge in [0.25, 0.3) is 5.91 Å². The molecule has 2 unspecified atom stereocenters. The second kappa shape index (κ2) is 7.47. The fraction of sp³-hybridized carbons (Fsp3) is 0.429. The molecule has 2 N–H and O–H groups in total. The number of carboxylic acid groups (broad SMARTS) is 1. The zero-order valence-corrected chi connectivity index (χ0v) is 11.4. The highest BCUT2D eigenvalue weighted by molar-refractivity contribution is 5.80. The van der Waals surface area contributed by atoms with E-state index < -0.39 is 18.0 Å². The van der Waals surface area contributed by atoms with Crippen molar-refractivity contribution >= 4 is 11.9 Å². The summed E-state index contributed by atoms with van der Waals surface area (Å²) in [5, 5.41) is 11.3. The summed E-state index contributed by atoms with van der Waals surface area (Å²) in [6.07, 6.45) is -0.384. The number of hydrogen-bond donors (Lipinski definition) is 2. The Hall–Kier alpha value is -2.11. The number of aliphatic carboxylic acids is 1. The summed E-state index contributed by atoms with van der Waals surface area (Å²) in [5.74, 6) is -1.73. The number of nitrogens with one attached hydrogen (secondary N) is 1. The number of carbonyl (C=O) groups excluding carboxylic acids is 1. The molecular formula is C14H18FNO4. The molecule has 1 amide bonds. The summed E-state index contributed by atoms with van der Waals surface area (Å²) in [6, 6.07) is 5.36. The van der Waals surface area contributed by atoms with E-state index in [-0.39, 0.29) is 18.3 Å². The smallest absolute Gasteiger partial charge is 0.306 e. The minimum Gasteiger partial charge on any atom is -0.481 e. The molecule has 0 aromatic heterocycles. The van der Waals surface area contributed by atoms with Crippen molar-refractivity contribution in [3.63, 3.8) is 0 Å². The lowest BCUT2D eigenvalue weighted by atomic mass is 10.1. The molecule has 0 bridgehead atoms. The summed E-state index contributed by atoms with van der Waals surface area (Å²) in [6.45, 7) is 3.41. The van der Waals surface area contributed by atoms with Crippen LogP contribution in [0.5, 0.6) is 5.75 Å². The van der Waals surface area contributed by atoms with E-state index in [0.717, 1.165) is 0 Å². The van der Waals surface area contributed by atoms with Crippen molar-refractivity contribution in [3.05, 3.63) is 30.1 Å². The largest absolute Gasteiger partial charge is 0.481 e. The van der Waals surface area contributed by atoms with Gasteiger partial charge in [-0.25, -0.2) is 4.39 Å². The van der Waals surface area contributed by atoms with Gasteiger partial charge < -0.3 is 15.2 Å². The van der Waals surface area contributed by atoms with E-state index >= 15 is 0 Å². The Labute approximate surface area is 116 Å². The van der Waals surface area contributed by atoms with Gasteiger partial charge in [-0.1, -0.05) is 6.92 Å². The van der Waals surface area contributed by atoms with E-state index in [1.165, 1.54) is 24.3 Å². The van der Waals surface area contributed by atoms with Crippen molar-refractivity contribution in [2.24, 2.45) is 5.92 Å². The van der Waals surface area contributed by atoms with E-state index in [0.29, 0.717) is 12.2 Å². The summed E-state index contributed by atoms with van der Waals surface area (Å²) in [7, 11) is 0. The number of hydrogen-bond acceptors (Lipinski definition) is 3. The van der Waals surface area contributed by atoms with Gasteiger partial charge in [-0.2, -0.15) is 0 Å². The van der Waals surface area contributed by atoms with Crippen molar-refractivity contribution in [2.45, 2.75) is 26.4 Å². The lowest BCUT2D eigenvalue weighted by Gasteiger charge is -2.15. The van der Waals surface area contributed by atoms with E-state index in [1.54, 1.807) is 13.8 Å².